The fraction of sp³-hybridized carbons (Fsp3) is 0.333. The Balaban J connectivity index is 3.60. The minimum Gasteiger partial charge on any atom is -0.478 e. The summed E-state index contributed by atoms with van der Waals surface area (Å²) in [6, 6.07) is 0. The van der Waals surface area contributed by atoms with Crippen LogP contribution in [0.1, 0.15) is 12.8 Å². The monoisotopic (exact) mass is 143 g/mol. The molecule has 4 heteroatoms. The first-order valence-electron chi connectivity index (χ1n) is 2.73. The zero-order valence-corrected chi connectivity index (χ0v) is 5.46. The average molecular weight is 143 g/mol. The third kappa shape index (κ3) is 3.65. The van der Waals surface area contributed by atoms with E-state index in [-0.39, 0.29) is 18.4 Å². The number of carboxylic acids is 1. The molecule has 3 N–H and O–H groups in total. The molecular weight excluding hydrogens is 134 g/mol. The van der Waals surface area contributed by atoms with Crippen LogP contribution in [0.3, 0.4) is 0 Å². The predicted molar refractivity (Wildman–Crippen MR) is 35.2 cm³/mol. The standard InChI is InChI=1S/C6H9NO3/c1-4(6(9)10)2-3-5(7)8/h1-3H2,(H2,7,8)(H,9,10). The van der Waals surface area contributed by atoms with Crippen LogP contribution in [0, 0.1) is 0 Å². The number of rotatable bonds is 4. The maximum Gasteiger partial charge on any atom is 0.330 e. The van der Waals surface area contributed by atoms with Gasteiger partial charge in [-0.05, 0) is 6.42 Å². The Morgan fingerprint density at radius 3 is 2.20 bits per heavy atom. The van der Waals surface area contributed by atoms with Crippen molar-refractivity contribution in [3.8, 4) is 0 Å². The number of carbonyl (C=O) groups is 2. The minimum absolute atomic E-state index is 0.0128. The van der Waals surface area contributed by atoms with Crippen LogP contribution in [-0.2, 0) is 9.59 Å². The molecule has 1 amide bonds. The second-order valence-electron chi connectivity index (χ2n) is 1.88. The van der Waals surface area contributed by atoms with Gasteiger partial charge in [0.25, 0.3) is 0 Å². The molecule has 0 bridgehead atoms. The van der Waals surface area contributed by atoms with Crippen LogP contribution in [-0.4, -0.2) is 17.0 Å². The quantitative estimate of drug-likeness (QED) is 0.539. The first-order chi connectivity index (χ1) is 4.54. The van der Waals surface area contributed by atoms with E-state index in [1.165, 1.54) is 0 Å². The maximum atomic E-state index is 10.1. The largest absolute Gasteiger partial charge is 0.478 e. The summed E-state index contributed by atoms with van der Waals surface area (Å²) < 4.78 is 0. The molecule has 0 aromatic rings. The van der Waals surface area contributed by atoms with Crippen molar-refractivity contribution in [3.05, 3.63) is 12.2 Å². The molecule has 0 spiro atoms. The Bertz CT molecular complexity index is 174. The van der Waals surface area contributed by atoms with Gasteiger partial charge in [-0.1, -0.05) is 6.58 Å². The molecule has 0 aromatic heterocycles. The summed E-state index contributed by atoms with van der Waals surface area (Å²) in [5, 5.41) is 8.24. The number of hydrogen-bond donors (Lipinski definition) is 2. The molecule has 0 atom stereocenters. The highest BCUT2D eigenvalue weighted by Crippen LogP contribution is 2.00. The summed E-state index contributed by atoms with van der Waals surface area (Å²) in [5.41, 5.74) is 4.78. The number of hydrogen-bond acceptors (Lipinski definition) is 2. The lowest BCUT2D eigenvalue weighted by Crippen LogP contribution is -2.11. The molecule has 0 saturated carbocycles. The van der Waals surface area contributed by atoms with Gasteiger partial charge < -0.3 is 10.8 Å². The van der Waals surface area contributed by atoms with Crippen molar-refractivity contribution in [1.29, 1.82) is 0 Å². The van der Waals surface area contributed by atoms with Gasteiger partial charge in [-0.15, -0.1) is 0 Å². The number of primary amides is 1. The van der Waals surface area contributed by atoms with E-state index in [1.807, 2.05) is 0 Å². The van der Waals surface area contributed by atoms with E-state index < -0.39 is 11.9 Å². The van der Waals surface area contributed by atoms with Crippen LogP contribution in [0.25, 0.3) is 0 Å². The number of carboxylic acid groups (broad SMARTS) is 1. The van der Waals surface area contributed by atoms with Crippen LogP contribution in [0.15, 0.2) is 12.2 Å². The zero-order valence-electron chi connectivity index (χ0n) is 5.46. The van der Waals surface area contributed by atoms with Gasteiger partial charge in [-0.3, -0.25) is 4.79 Å². The topological polar surface area (TPSA) is 80.4 Å². The van der Waals surface area contributed by atoms with E-state index in [1.54, 1.807) is 0 Å². The van der Waals surface area contributed by atoms with Crippen molar-refractivity contribution in [2.45, 2.75) is 12.8 Å². The van der Waals surface area contributed by atoms with Crippen molar-refractivity contribution in [2.24, 2.45) is 5.73 Å². The van der Waals surface area contributed by atoms with Crippen molar-refractivity contribution < 1.29 is 14.7 Å². The van der Waals surface area contributed by atoms with Gasteiger partial charge in [0.1, 0.15) is 0 Å². The van der Waals surface area contributed by atoms with E-state index in [4.69, 9.17) is 10.8 Å². The normalized spacial score (nSPS) is 8.80. The molecule has 0 saturated heterocycles. The molecule has 0 aliphatic heterocycles. The molecule has 4 nitrogen and oxygen atoms in total. The molecule has 10 heavy (non-hydrogen) atoms. The molecule has 0 aliphatic carbocycles. The third-order valence-corrected chi connectivity index (χ3v) is 0.976. The lowest BCUT2D eigenvalue weighted by molar-refractivity contribution is -0.132. The molecule has 0 aliphatic rings. The van der Waals surface area contributed by atoms with E-state index in [9.17, 15) is 9.59 Å². The van der Waals surface area contributed by atoms with Crippen LogP contribution >= 0.6 is 0 Å². The van der Waals surface area contributed by atoms with Gasteiger partial charge in [0.15, 0.2) is 0 Å². The van der Waals surface area contributed by atoms with E-state index in [0.29, 0.717) is 0 Å². The van der Waals surface area contributed by atoms with Gasteiger partial charge in [0, 0.05) is 12.0 Å². The molecular formula is C6H9NO3. The van der Waals surface area contributed by atoms with Gasteiger partial charge >= 0.3 is 5.97 Å². The van der Waals surface area contributed by atoms with Gasteiger partial charge in [0.05, 0.1) is 0 Å². The highest BCUT2D eigenvalue weighted by atomic mass is 16.4. The summed E-state index contributed by atoms with van der Waals surface area (Å²) in [4.78, 5) is 20.2. The number of aliphatic carboxylic acids is 1. The minimum atomic E-state index is -1.08. The maximum absolute atomic E-state index is 10.1. The van der Waals surface area contributed by atoms with Gasteiger partial charge in [-0.2, -0.15) is 0 Å². The van der Waals surface area contributed by atoms with Crippen molar-refractivity contribution >= 4 is 11.9 Å². The smallest absolute Gasteiger partial charge is 0.330 e. The van der Waals surface area contributed by atoms with Crippen LogP contribution in [0.2, 0.25) is 0 Å². The summed E-state index contributed by atoms with van der Waals surface area (Å²) in [6.45, 7) is 3.22. The molecule has 56 valence electrons. The summed E-state index contributed by atoms with van der Waals surface area (Å²) >= 11 is 0. The van der Waals surface area contributed by atoms with Crippen molar-refractivity contribution in [3.63, 3.8) is 0 Å². The molecule has 0 rings (SSSR count). The van der Waals surface area contributed by atoms with Gasteiger partial charge in [-0.25, -0.2) is 4.79 Å². The Kier molecular flexibility index (Phi) is 3.17. The fourth-order valence-electron chi connectivity index (χ4n) is 0.381. The Morgan fingerprint density at radius 2 is 1.90 bits per heavy atom. The molecule has 0 radical (unpaired) electrons. The lowest BCUT2D eigenvalue weighted by Gasteiger charge is -1.94. The summed E-state index contributed by atoms with van der Waals surface area (Å²) in [6.07, 6.45) is 0.176. The highest BCUT2D eigenvalue weighted by molar-refractivity contribution is 5.86. The Hall–Kier alpha value is -1.32. The highest BCUT2D eigenvalue weighted by Gasteiger charge is 2.04. The average Bonchev–Trinajstić information content (AvgIpc) is 1.82. The van der Waals surface area contributed by atoms with Crippen LogP contribution < -0.4 is 5.73 Å². The molecule has 0 unspecified atom stereocenters. The molecule has 0 aromatic carbocycles. The number of nitrogens with two attached hydrogens (primary N) is 1. The first kappa shape index (κ1) is 8.68. The van der Waals surface area contributed by atoms with Crippen molar-refractivity contribution in [2.75, 3.05) is 0 Å². The van der Waals surface area contributed by atoms with E-state index in [2.05, 4.69) is 6.58 Å². The van der Waals surface area contributed by atoms with E-state index >= 15 is 0 Å². The van der Waals surface area contributed by atoms with Crippen LogP contribution in [0.5, 0.6) is 0 Å². The number of carbonyl (C=O) groups excluding carboxylic acids is 1. The van der Waals surface area contributed by atoms with Crippen LogP contribution in [0.4, 0.5) is 0 Å². The SMILES string of the molecule is C=C(CCC(N)=O)C(=O)O. The summed E-state index contributed by atoms with van der Waals surface area (Å²) in [5.74, 6) is -1.59. The Morgan fingerprint density at radius 1 is 1.40 bits per heavy atom. The second-order valence-corrected chi connectivity index (χ2v) is 1.88. The number of amides is 1. The Labute approximate surface area is 58.3 Å². The lowest BCUT2D eigenvalue weighted by atomic mass is 10.2. The van der Waals surface area contributed by atoms with Gasteiger partial charge in [0.2, 0.25) is 5.91 Å². The molecule has 0 fully saturated rings. The second kappa shape index (κ2) is 3.66. The zero-order chi connectivity index (χ0) is 8.15. The predicted octanol–water partition coefficient (Wildman–Crippen LogP) is -0.107. The molecule has 0 heterocycles. The fourth-order valence-corrected chi connectivity index (χ4v) is 0.381. The van der Waals surface area contributed by atoms with Crippen molar-refractivity contribution in [1.82, 2.24) is 0 Å². The first-order valence-corrected chi connectivity index (χ1v) is 2.73. The summed E-state index contributed by atoms with van der Waals surface area (Å²) in [7, 11) is 0. The third-order valence-electron chi connectivity index (χ3n) is 0.976. The van der Waals surface area contributed by atoms with E-state index in [0.717, 1.165) is 0 Å².